The number of hydrogen-bond acceptors (Lipinski definition) is 4. The van der Waals surface area contributed by atoms with Crippen molar-refractivity contribution < 1.29 is 9.84 Å². The van der Waals surface area contributed by atoms with Gasteiger partial charge in [0.25, 0.3) is 0 Å². The molecule has 1 aliphatic carbocycles. The Morgan fingerprint density at radius 3 is 2.52 bits per heavy atom. The number of hydrogen-bond donors (Lipinski definition) is 1. The summed E-state index contributed by atoms with van der Waals surface area (Å²) in [7, 11) is 1.95. The lowest BCUT2D eigenvalue weighted by Gasteiger charge is -2.25. The lowest BCUT2D eigenvalue weighted by atomic mass is 10.1. The second kappa shape index (κ2) is 11.0. The highest BCUT2D eigenvalue weighted by atomic mass is 16.5. The second-order valence-corrected chi connectivity index (χ2v) is 9.47. The van der Waals surface area contributed by atoms with E-state index in [-0.39, 0.29) is 6.10 Å². The number of ether oxygens (including phenoxy) is 1. The van der Waals surface area contributed by atoms with E-state index in [0.717, 1.165) is 60.2 Å². The molecule has 0 aliphatic heterocycles. The van der Waals surface area contributed by atoms with E-state index in [0.29, 0.717) is 13.1 Å². The van der Waals surface area contributed by atoms with Crippen LogP contribution in [0.1, 0.15) is 50.2 Å². The van der Waals surface area contributed by atoms with Crippen LogP contribution in [-0.2, 0) is 13.6 Å². The fraction of sp³-hybridized carbons (Fsp3) is 0.464. The van der Waals surface area contributed by atoms with Crippen LogP contribution in [0, 0.1) is 12.8 Å². The van der Waals surface area contributed by atoms with Gasteiger partial charge in [0, 0.05) is 32.2 Å². The number of unbranched alkanes of at least 4 members (excludes halogenated alkanes) is 1. The minimum atomic E-state index is -0.304. The molecule has 1 unspecified atom stereocenters. The molecule has 1 saturated carbocycles. The third kappa shape index (κ3) is 6.46. The fourth-order valence-corrected chi connectivity index (χ4v) is 4.29. The molecule has 1 heterocycles. The largest absolute Gasteiger partial charge is 0.439 e. The van der Waals surface area contributed by atoms with Crippen LogP contribution in [0.4, 0.5) is 0 Å². The third-order valence-electron chi connectivity index (χ3n) is 6.33. The monoisotopic (exact) mass is 447 g/mol. The van der Waals surface area contributed by atoms with Crippen molar-refractivity contribution in [3.8, 4) is 22.9 Å². The Bertz CT molecular complexity index is 1010. The van der Waals surface area contributed by atoms with Crippen molar-refractivity contribution in [1.82, 2.24) is 14.7 Å². The van der Waals surface area contributed by atoms with Gasteiger partial charge in [0.05, 0.1) is 11.7 Å². The Hall–Kier alpha value is -2.63. The van der Waals surface area contributed by atoms with Crippen LogP contribution >= 0.6 is 0 Å². The van der Waals surface area contributed by atoms with Crippen LogP contribution in [0.25, 0.3) is 11.3 Å². The SMILES string of the molecule is CCCCC(O)CN(Cc1c(-c2ccccc2)nn(C)c1Oc1ccc(C)cc1)CC1CC1. The van der Waals surface area contributed by atoms with Crippen LogP contribution in [0.5, 0.6) is 11.6 Å². The first-order valence-corrected chi connectivity index (χ1v) is 12.3. The summed E-state index contributed by atoms with van der Waals surface area (Å²) >= 11 is 0. The summed E-state index contributed by atoms with van der Waals surface area (Å²) in [5.74, 6) is 2.31. The quantitative estimate of drug-likeness (QED) is 0.373. The van der Waals surface area contributed by atoms with Gasteiger partial charge in [-0.25, -0.2) is 4.68 Å². The Labute approximate surface area is 198 Å². The van der Waals surface area contributed by atoms with Gasteiger partial charge in [0.2, 0.25) is 5.88 Å². The average molecular weight is 448 g/mol. The van der Waals surface area contributed by atoms with E-state index < -0.39 is 0 Å². The topological polar surface area (TPSA) is 50.5 Å². The number of benzene rings is 2. The molecular weight excluding hydrogens is 410 g/mol. The summed E-state index contributed by atoms with van der Waals surface area (Å²) in [5.41, 5.74) is 4.31. The van der Waals surface area contributed by atoms with Crippen LogP contribution in [0.3, 0.4) is 0 Å². The molecule has 176 valence electrons. The molecule has 4 rings (SSSR count). The molecule has 1 N–H and O–H groups in total. The van der Waals surface area contributed by atoms with Gasteiger partial charge < -0.3 is 9.84 Å². The molecule has 0 radical (unpaired) electrons. The lowest BCUT2D eigenvalue weighted by Crippen LogP contribution is -2.34. The van der Waals surface area contributed by atoms with Crippen LogP contribution in [-0.4, -0.2) is 39.0 Å². The molecule has 0 saturated heterocycles. The van der Waals surface area contributed by atoms with Crippen LogP contribution in [0.2, 0.25) is 0 Å². The number of aromatic nitrogens is 2. The van der Waals surface area contributed by atoms with Gasteiger partial charge in [-0.3, -0.25) is 4.90 Å². The number of nitrogens with zero attached hydrogens (tertiary/aromatic N) is 3. The summed E-state index contributed by atoms with van der Waals surface area (Å²) in [6.07, 6.45) is 5.28. The van der Waals surface area contributed by atoms with E-state index in [2.05, 4.69) is 43.0 Å². The lowest BCUT2D eigenvalue weighted by molar-refractivity contribution is 0.0966. The maximum absolute atomic E-state index is 10.7. The number of aliphatic hydroxyl groups excluding tert-OH is 1. The summed E-state index contributed by atoms with van der Waals surface area (Å²) in [6.45, 7) is 6.65. The number of aliphatic hydroxyl groups is 1. The predicted molar refractivity (Wildman–Crippen MR) is 133 cm³/mol. The van der Waals surface area contributed by atoms with E-state index in [1.54, 1.807) is 0 Å². The molecule has 5 heteroatoms. The molecule has 1 fully saturated rings. The number of aryl methyl sites for hydroxylation is 2. The zero-order chi connectivity index (χ0) is 23.2. The van der Waals surface area contributed by atoms with Crippen molar-refractivity contribution in [3.63, 3.8) is 0 Å². The first-order valence-electron chi connectivity index (χ1n) is 12.3. The first-order chi connectivity index (χ1) is 16.0. The van der Waals surface area contributed by atoms with Crippen molar-refractivity contribution in [1.29, 1.82) is 0 Å². The van der Waals surface area contributed by atoms with Gasteiger partial charge >= 0.3 is 0 Å². The Kier molecular flexibility index (Phi) is 7.84. The molecule has 1 aliphatic rings. The van der Waals surface area contributed by atoms with Gasteiger partial charge in [-0.05, 0) is 44.2 Å². The molecule has 3 aromatic rings. The highest BCUT2D eigenvalue weighted by Gasteiger charge is 2.28. The standard InChI is InChI=1S/C28H37N3O2/c1-4-5-11-24(32)19-31(18-22-14-15-22)20-26-27(23-9-7-6-8-10-23)29-30(3)28(26)33-25-16-12-21(2)13-17-25/h6-10,12-13,16-17,22,24,32H,4-5,11,14-15,18-20H2,1-3H3. The number of rotatable bonds is 12. The summed E-state index contributed by atoms with van der Waals surface area (Å²) in [4.78, 5) is 2.41. The van der Waals surface area contributed by atoms with E-state index in [4.69, 9.17) is 9.84 Å². The van der Waals surface area contributed by atoms with E-state index in [9.17, 15) is 5.11 Å². The van der Waals surface area contributed by atoms with E-state index in [1.165, 1.54) is 18.4 Å². The van der Waals surface area contributed by atoms with Crippen molar-refractivity contribution in [3.05, 3.63) is 65.7 Å². The first kappa shape index (κ1) is 23.5. The second-order valence-electron chi connectivity index (χ2n) is 9.47. The van der Waals surface area contributed by atoms with E-state index in [1.807, 2.05) is 42.1 Å². The summed E-state index contributed by atoms with van der Waals surface area (Å²) in [6, 6.07) is 18.5. The van der Waals surface area contributed by atoms with E-state index >= 15 is 0 Å². The third-order valence-corrected chi connectivity index (χ3v) is 6.33. The van der Waals surface area contributed by atoms with Crippen LogP contribution in [0.15, 0.2) is 54.6 Å². The highest BCUT2D eigenvalue weighted by Crippen LogP contribution is 2.36. The molecule has 5 nitrogen and oxygen atoms in total. The molecule has 0 amide bonds. The predicted octanol–water partition coefficient (Wildman–Crippen LogP) is 5.95. The molecule has 0 spiro atoms. The molecule has 2 aromatic carbocycles. The Balaban J connectivity index is 1.65. The molecule has 1 aromatic heterocycles. The smallest absolute Gasteiger partial charge is 0.222 e. The Morgan fingerprint density at radius 2 is 1.85 bits per heavy atom. The molecule has 33 heavy (non-hydrogen) atoms. The van der Waals surface area contributed by atoms with Crippen LogP contribution < -0.4 is 4.74 Å². The zero-order valence-electron chi connectivity index (χ0n) is 20.2. The van der Waals surface area contributed by atoms with Crippen molar-refractivity contribution in [2.45, 2.75) is 58.6 Å². The Morgan fingerprint density at radius 1 is 1.12 bits per heavy atom. The minimum Gasteiger partial charge on any atom is -0.439 e. The fourth-order valence-electron chi connectivity index (χ4n) is 4.29. The summed E-state index contributed by atoms with van der Waals surface area (Å²) < 4.78 is 8.25. The van der Waals surface area contributed by atoms with Crippen molar-refractivity contribution >= 4 is 0 Å². The maximum atomic E-state index is 10.7. The van der Waals surface area contributed by atoms with Gasteiger partial charge in [0.1, 0.15) is 11.4 Å². The van der Waals surface area contributed by atoms with Gasteiger partial charge in [-0.15, -0.1) is 0 Å². The van der Waals surface area contributed by atoms with Crippen molar-refractivity contribution in [2.24, 2.45) is 13.0 Å². The van der Waals surface area contributed by atoms with Gasteiger partial charge in [-0.2, -0.15) is 5.10 Å². The molecular formula is C28H37N3O2. The molecule has 0 bridgehead atoms. The van der Waals surface area contributed by atoms with Gasteiger partial charge in [-0.1, -0.05) is 67.8 Å². The van der Waals surface area contributed by atoms with Crippen molar-refractivity contribution in [2.75, 3.05) is 13.1 Å². The summed E-state index contributed by atoms with van der Waals surface area (Å²) in [5, 5.41) is 15.6. The molecule has 1 atom stereocenters. The minimum absolute atomic E-state index is 0.304. The highest BCUT2D eigenvalue weighted by molar-refractivity contribution is 5.65. The van der Waals surface area contributed by atoms with Gasteiger partial charge in [0.15, 0.2) is 0 Å². The maximum Gasteiger partial charge on any atom is 0.222 e. The zero-order valence-corrected chi connectivity index (χ0v) is 20.2. The normalized spacial score (nSPS) is 14.6. The average Bonchev–Trinajstić information content (AvgIpc) is 3.58.